The summed E-state index contributed by atoms with van der Waals surface area (Å²) in [6.07, 6.45) is 5.30. The Morgan fingerprint density at radius 1 is 1.50 bits per heavy atom. The van der Waals surface area contributed by atoms with Gasteiger partial charge in [0.25, 0.3) is 0 Å². The highest BCUT2D eigenvalue weighted by molar-refractivity contribution is 7.98. The number of aryl methyl sites for hydroxylation is 1. The number of hydrogen-bond donors (Lipinski definition) is 2. The minimum absolute atomic E-state index is 0.0128. The van der Waals surface area contributed by atoms with Gasteiger partial charge < -0.3 is 15.5 Å². The van der Waals surface area contributed by atoms with Gasteiger partial charge in [0.1, 0.15) is 5.69 Å². The Hall–Kier alpha value is -2.02. The summed E-state index contributed by atoms with van der Waals surface area (Å²) in [5, 5.41) is 12.5. The molecule has 2 aromatic rings. The third-order valence-electron chi connectivity index (χ3n) is 2.34. The highest BCUT2D eigenvalue weighted by Crippen LogP contribution is 2.20. The fourth-order valence-electron chi connectivity index (χ4n) is 1.39. The molecular formula is C11H13N5OS. The van der Waals surface area contributed by atoms with Gasteiger partial charge in [-0.25, -0.2) is 4.98 Å². The zero-order valence-corrected chi connectivity index (χ0v) is 10.6. The van der Waals surface area contributed by atoms with Gasteiger partial charge in [0, 0.05) is 31.4 Å². The van der Waals surface area contributed by atoms with Crippen LogP contribution in [0.3, 0.4) is 0 Å². The van der Waals surface area contributed by atoms with E-state index in [-0.39, 0.29) is 5.84 Å². The molecule has 6 nitrogen and oxygen atoms in total. The molecule has 0 radical (unpaired) electrons. The molecule has 0 aliphatic rings. The minimum atomic E-state index is 0.0128. The van der Waals surface area contributed by atoms with Gasteiger partial charge in [0.15, 0.2) is 11.0 Å². The van der Waals surface area contributed by atoms with E-state index in [9.17, 15) is 0 Å². The lowest BCUT2D eigenvalue weighted by Gasteiger charge is -2.03. The molecule has 2 heterocycles. The monoisotopic (exact) mass is 263 g/mol. The average molecular weight is 263 g/mol. The third kappa shape index (κ3) is 2.80. The van der Waals surface area contributed by atoms with E-state index in [1.807, 2.05) is 23.9 Å². The van der Waals surface area contributed by atoms with Gasteiger partial charge in [-0.05, 0) is 17.7 Å². The van der Waals surface area contributed by atoms with Gasteiger partial charge in [0.05, 0.1) is 0 Å². The van der Waals surface area contributed by atoms with Gasteiger partial charge in [-0.15, -0.1) is 0 Å². The van der Waals surface area contributed by atoms with Crippen LogP contribution in [-0.4, -0.2) is 25.6 Å². The SMILES string of the molecule is Cn1ccnc1SCc1ccnc(C(N)=NO)c1. The summed E-state index contributed by atoms with van der Waals surface area (Å²) in [4.78, 5) is 8.25. The number of nitrogens with two attached hydrogens (primary N) is 1. The van der Waals surface area contributed by atoms with E-state index >= 15 is 0 Å². The molecule has 2 rings (SSSR count). The van der Waals surface area contributed by atoms with Gasteiger partial charge in [-0.3, -0.25) is 4.98 Å². The molecule has 0 saturated heterocycles. The van der Waals surface area contributed by atoms with Crippen LogP contribution in [0.15, 0.2) is 41.0 Å². The molecule has 0 aromatic carbocycles. The fourth-order valence-corrected chi connectivity index (χ4v) is 2.27. The van der Waals surface area contributed by atoms with E-state index in [2.05, 4.69) is 15.1 Å². The van der Waals surface area contributed by atoms with E-state index in [4.69, 9.17) is 10.9 Å². The second kappa shape index (κ2) is 5.54. The first-order chi connectivity index (χ1) is 8.70. The zero-order chi connectivity index (χ0) is 13.0. The van der Waals surface area contributed by atoms with E-state index in [0.717, 1.165) is 16.5 Å². The number of hydrogen-bond acceptors (Lipinski definition) is 5. The number of oxime groups is 1. The predicted octanol–water partition coefficient (Wildman–Crippen LogP) is 1.20. The molecule has 0 spiro atoms. The van der Waals surface area contributed by atoms with Crippen LogP contribution >= 0.6 is 11.8 Å². The molecule has 2 aromatic heterocycles. The lowest BCUT2D eigenvalue weighted by molar-refractivity contribution is 0.318. The summed E-state index contributed by atoms with van der Waals surface area (Å²) in [5.41, 5.74) is 7.00. The van der Waals surface area contributed by atoms with E-state index in [1.165, 1.54) is 0 Å². The van der Waals surface area contributed by atoms with Crippen LogP contribution in [0.1, 0.15) is 11.3 Å². The molecule has 0 unspecified atom stereocenters. The van der Waals surface area contributed by atoms with Crippen LogP contribution < -0.4 is 5.73 Å². The Balaban J connectivity index is 2.08. The number of imidazole rings is 1. The standard InChI is InChI=1S/C11H13N5OS/c1-16-5-4-14-11(16)18-7-8-2-3-13-9(6-8)10(12)15-17/h2-6,17H,7H2,1H3,(H2,12,15). The fraction of sp³-hybridized carbons (Fsp3) is 0.182. The number of pyridine rings is 1. The molecule has 0 fully saturated rings. The number of aromatic nitrogens is 3. The van der Waals surface area contributed by atoms with Crippen molar-refractivity contribution in [2.24, 2.45) is 17.9 Å². The maximum absolute atomic E-state index is 8.60. The molecule has 3 N–H and O–H groups in total. The molecular weight excluding hydrogens is 250 g/mol. The summed E-state index contributed by atoms with van der Waals surface area (Å²) in [7, 11) is 1.95. The maximum atomic E-state index is 8.60. The van der Waals surface area contributed by atoms with Crippen molar-refractivity contribution in [2.75, 3.05) is 0 Å². The molecule has 0 amide bonds. The van der Waals surface area contributed by atoms with E-state index in [0.29, 0.717) is 5.69 Å². The summed E-state index contributed by atoms with van der Waals surface area (Å²) >= 11 is 1.62. The van der Waals surface area contributed by atoms with Crippen LogP contribution in [-0.2, 0) is 12.8 Å². The van der Waals surface area contributed by atoms with Gasteiger partial charge in [-0.2, -0.15) is 0 Å². The Kier molecular flexibility index (Phi) is 3.83. The molecule has 18 heavy (non-hydrogen) atoms. The van der Waals surface area contributed by atoms with Crippen molar-refractivity contribution in [3.05, 3.63) is 42.0 Å². The lowest BCUT2D eigenvalue weighted by Crippen LogP contribution is -2.15. The van der Waals surface area contributed by atoms with Gasteiger partial charge in [-0.1, -0.05) is 16.9 Å². The summed E-state index contributed by atoms with van der Waals surface area (Å²) in [6, 6.07) is 3.69. The summed E-state index contributed by atoms with van der Waals surface area (Å²) in [6.45, 7) is 0. The number of amidine groups is 1. The molecule has 0 saturated carbocycles. The average Bonchev–Trinajstić information content (AvgIpc) is 2.81. The Labute approximate surface area is 109 Å². The molecule has 94 valence electrons. The first-order valence-electron chi connectivity index (χ1n) is 5.23. The molecule has 0 aliphatic heterocycles. The van der Waals surface area contributed by atoms with Gasteiger partial charge in [0.2, 0.25) is 0 Å². The predicted molar refractivity (Wildman–Crippen MR) is 69.5 cm³/mol. The lowest BCUT2D eigenvalue weighted by atomic mass is 10.2. The number of nitrogens with zero attached hydrogens (tertiary/aromatic N) is 4. The second-order valence-electron chi connectivity index (χ2n) is 3.64. The smallest absolute Gasteiger partial charge is 0.188 e. The topological polar surface area (TPSA) is 89.3 Å². The quantitative estimate of drug-likeness (QED) is 0.284. The van der Waals surface area contributed by atoms with Crippen molar-refractivity contribution < 1.29 is 5.21 Å². The van der Waals surface area contributed by atoms with Crippen LogP contribution in [0.5, 0.6) is 0 Å². The van der Waals surface area contributed by atoms with E-state index in [1.54, 1.807) is 30.2 Å². The highest BCUT2D eigenvalue weighted by atomic mass is 32.2. The maximum Gasteiger partial charge on any atom is 0.188 e. The van der Waals surface area contributed by atoms with Crippen molar-refractivity contribution in [1.29, 1.82) is 0 Å². The van der Waals surface area contributed by atoms with Crippen molar-refractivity contribution >= 4 is 17.6 Å². The summed E-state index contributed by atoms with van der Waals surface area (Å²) in [5.74, 6) is 0.762. The summed E-state index contributed by atoms with van der Waals surface area (Å²) < 4.78 is 1.95. The zero-order valence-electron chi connectivity index (χ0n) is 9.82. The minimum Gasteiger partial charge on any atom is -0.409 e. The Morgan fingerprint density at radius 3 is 3.00 bits per heavy atom. The Morgan fingerprint density at radius 2 is 2.33 bits per heavy atom. The molecule has 0 bridgehead atoms. The first kappa shape index (κ1) is 12.4. The molecule has 0 aliphatic carbocycles. The van der Waals surface area contributed by atoms with Crippen molar-refractivity contribution in [3.8, 4) is 0 Å². The highest BCUT2D eigenvalue weighted by Gasteiger charge is 2.04. The van der Waals surface area contributed by atoms with Gasteiger partial charge >= 0.3 is 0 Å². The number of rotatable bonds is 4. The van der Waals surface area contributed by atoms with E-state index < -0.39 is 0 Å². The van der Waals surface area contributed by atoms with Crippen molar-refractivity contribution in [1.82, 2.24) is 14.5 Å². The molecule has 7 heteroatoms. The largest absolute Gasteiger partial charge is 0.409 e. The Bertz CT molecular complexity index is 566. The number of thioether (sulfide) groups is 1. The third-order valence-corrected chi connectivity index (χ3v) is 3.47. The normalized spacial score (nSPS) is 11.7. The van der Waals surface area contributed by atoms with Crippen molar-refractivity contribution in [3.63, 3.8) is 0 Å². The molecule has 0 atom stereocenters. The van der Waals surface area contributed by atoms with Crippen LogP contribution in [0.25, 0.3) is 0 Å². The van der Waals surface area contributed by atoms with Crippen molar-refractivity contribution in [2.45, 2.75) is 10.9 Å². The first-order valence-corrected chi connectivity index (χ1v) is 6.22. The van der Waals surface area contributed by atoms with Crippen LogP contribution in [0, 0.1) is 0 Å². The van der Waals surface area contributed by atoms with Crippen LogP contribution in [0.2, 0.25) is 0 Å². The van der Waals surface area contributed by atoms with Crippen LogP contribution in [0.4, 0.5) is 0 Å². The second-order valence-corrected chi connectivity index (χ2v) is 4.59.